The lowest BCUT2D eigenvalue weighted by molar-refractivity contribution is 0.896. The Hall–Kier alpha value is 0.160. The van der Waals surface area contributed by atoms with Crippen molar-refractivity contribution in [1.82, 2.24) is 9.97 Å². The van der Waals surface area contributed by atoms with Gasteiger partial charge in [-0.2, -0.15) is 0 Å². The summed E-state index contributed by atoms with van der Waals surface area (Å²) in [5, 5.41) is 1.73. The van der Waals surface area contributed by atoms with Crippen LogP contribution in [0.15, 0.2) is 17.6 Å². The molecule has 1 heterocycles. The van der Waals surface area contributed by atoms with Crippen LogP contribution >= 0.6 is 34.4 Å². The molecular weight excluding hydrogens is 283 g/mol. The van der Waals surface area contributed by atoms with Crippen LogP contribution in [0.3, 0.4) is 0 Å². The van der Waals surface area contributed by atoms with Crippen LogP contribution < -0.4 is 0 Å². The van der Waals surface area contributed by atoms with Gasteiger partial charge < -0.3 is 0 Å². The highest BCUT2D eigenvalue weighted by atomic mass is 127. The molecule has 1 aromatic rings. The van der Waals surface area contributed by atoms with E-state index in [9.17, 15) is 0 Å². The van der Waals surface area contributed by atoms with E-state index in [1.165, 1.54) is 6.42 Å². The van der Waals surface area contributed by atoms with E-state index in [0.717, 1.165) is 8.60 Å². The SMILES string of the molecule is CCC(C)Sc1ncncc1I. The highest BCUT2D eigenvalue weighted by Crippen LogP contribution is 2.26. The van der Waals surface area contributed by atoms with Crippen LogP contribution in [0.4, 0.5) is 0 Å². The van der Waals surface area contributed by atoms with Gasteiger partial charge in [-0.3, -0.25) is 0 Å². The van der Waals surface area contributed by atoms with Gasteiger partial charge in [0.1, 0.15) is 11.4 Å². The first-order valence-electron chi connectivity index (χ1n) is 3.86. The van der Waals surface area contributed by atoms with Crippen molar-refractivity contribution in [2.75, 3.05) is 0 Å². The quantitative estimate of drug-likeness (QED) is 0.487. The van der Waals surface area contributed by atoms with Gasteiger partial charge >= 0.3 is 0 Å². The van der Waals surface area contributed by atoms with Crippen molar-refractivity contribution in [3.63, 3.8) is 0 Å². The highest BCUT2D eigenvalue weighted by Gasteiger charge is 2.05. The average molecular weight is 294 g/mol. The minimum atomic E-state index is 0.633. The summed E-state index contributed by atoms with van der Waals surface area (Å²) < 4.78 is 1.14. The Bertz CT molecular complexity index is 255. The van der Waals surface area contributed by atoms with Crippen LogP contribution in [-0.2, 0) is 0 Å². The Morgan fingerprint density at radius 1 is 1.67 bits per heavy atom. The van der Waals surface area contributed by atoms with E-state index in [-0.39, 0.29) is 0 Å². The lowest BCUT2D eigenvalue weighted by atomic mass is 10.4. The van der Waals surface area contributed by atoms with Gasteiger partial charge in [0.15, 0.2) is 0 Å². The molecule has 0 bridgehead atoms. The summed E-state index contributed by atoms with van der Waals surface area (Å²) >= 11 is 4.08. The van der Waals surface area contributed by atoms with Crippen LogP contribution in [0.5, 0.6) is 0 Å². The standard InChI is InChI=1S/C8H11IN2S/c1-3-6(2)12-8-7(9)4-10-5-11-8/h4-6H,3H2,1-2H3. The van der Waals surface area contributed by atoms with Crippen molar-refractivity contribution in [2.45, 2.75) is 30.5 Å². The van der Waals surface area contributed by atoms with E-state index in [1.807, 2.05) is 18.0 Å². The Morgan fingerprint density at radius 2 is 2.42 bits per heavy atom. The number of rotatable bonds is 3. The third-order valence-corrected chi connectivity index (χ3v) is 3.96. The third kappa shape index (κ3) is 2.90. The molecule has 0 saturated heterocycles. The maximum absolute atomic E-state index is 4.21. The van der Waals surface area contributed by atoms with Gasteiger partial charge in [0.2, 0.25) is 0 Å². The molecule has 0 spiro atoms. The molecule has 0 aromatic carbocycles. The number of hydrogen-bond acceptors (Lipinski definition) is 3. The summed E-state index contributed by atoms with van der Waals surface area (Å²) in [5.74, 6) is 0. The number of hydrogen-bond donors (Lipinski definition) is 0. The van der Waals surface area contributed by atoms with Gasteiger partial charge in [0, 0.05) is 11.4 Å². The monoisotopic (exact) mass is 294 g/mol. The van der Waals surface area contributed by atoms with E-state index in [4.69, 9.17) is 0 Å². The summed E-state index contributed by atoms with van der Waals surface area (Å²) in [4.78, 5) is 8.16. The highest BCUT2D eigenvalue weighted by molar-refractivity contribution is 14.1. The summed E-state index contributed by atoms with van der Waals surface area (Å²) in [6.07, 6.45) is 4.62. The Labute approximate surface area is 90.7 Å². The van der Waals surface area contributed by atoms with Crippen molar-refractivity contribution in [2.24, 2.45) is 0 Å². The van der Waals surface area contributed by atoms with Crippen LogP contribution in [0, 0.1) is 3.57 Å². The molecule has 0 fully saturated rings. The van der Waals surface area contributed by atoms with E-state index >= 15 is 0 Å². The van der Waals surface area contributed by atoms with E-state index in [2.05, 4.69) is 46.4 Å². The van der Waals surface area contributed by atoms with Gasteiger partial charge in [-0.05, 0) is 29.0 Å². The smallest absolute Gasteiger partial charge is 0.116 e. The normalized spacial score (nSPS) is 12.9. The molecule has 0 radical (unpaired) electrons. The van der Waals surface area contributed by atoms with Crippen LogP contribution in [0.2, 0.25) is 0 Å². The predicted molar refractivity (Wildman–Crippen MR) is 60.4 cm³/mol. The molecule has 1 rings (SSSR count). The van der Waals surface area contributed by atoms with Crippen molar-refractivity contribution in [3.05, 3.63) is 16.1 Å². The fourth-order valence-electron chi connectivity index (χ4n) is 0.662. The Kier molecular flexibility index (Phi) is 4.28. The molecular formula is C8H11IN2S. The maximum atomic E-state index is 4.21. The zero-order chi connectivity index (χ0) is 8.97. The van der Waals surface area contributed by atoms with Crippen LogP contribution in [0.25, 0.3) is 0 Å². The number of aromatic nitrogens is 2. The van der Waals surface area contributed by atoms with Gasteiger partial charge in [0.25, 0.3) is 0 Å². The van der Waals surface area contributed by atoms with Gasteiger partial charge in [0.05, 0.1) is 3.57 Å². The molecule has 66 valence electrons. The van der Waals surface area contributed by atoms with Crippen LogP contribution in [-0.4, -0.2) is 15.2 Å². The molecule has 1 unspecified atom stereocenters. The first-order chi connectivity index (χ1) is 5.74. The molecule has 1 aromatic heterocycles. The number of halogens is 1. The van der Waals surface area contributed by atoms with Crippen molar-refractivity contribution >= 4 is 34.4 Å². The minimum absolute atomic E-state index is 0.633. The van der Waals surface area contributed by atoms with E-state index in [1.54, 1.807) is 6.33 Å². The second-order valence-electron chi connectivity index (χ2n) is 2.51. The molecule has 0 aliphatic rings. The maximum Gasteiger partial charge on any atom is 0.116 e. The molecule has 12 heavy (non-hydrogen) atoms. The molecule has 4 heteroatoms. The van der Waals surface area contributed by atoms with Gasteiger partial charge in [-0.25, -0.2) is 9.97 Å². The fraction of sp³-hybridized carbons (Fsp3) is 0.500. The average Bonchev–Trinajstić information content (AvgIpc) is 2.09. The molecule has 0 aliphatic carbocycles. The summed E-state index contributed by atoms with van der Waals surface area (Å²) in [5.41, 5.74) is 0. The second kappa shape index (κ2) is 5.01. The Balaban J connectivity index is 2.69. The van der Waals surface area contributed by atoms with Crippen molar-refractivity contribution in [1.29, 1.82) is 0 Å². The van der Waals surface area contributed by atoms with E-state index in [0.29, 0.717) is 5.25 Å². The molecule has 2 nitrogen and oxygen atoms in total. The molecule has 0 aliphatic heterocycles. The first kappa shape index (κ1) is 10.2. The van der Waals surface area contributed by atoms with E-state index < -0.39 is 0 Å². The lowest BCUT2D eigenvalue weighted by Crippen LogP contribution is -1.95. The summed E-state index contributed by atoms with van der Waals surface area (Å²) in [6, 6.07) is 0. The molecule has 0 amide bonds. The zero-order valence-corrected chi connectivity index (χ0v) is 10.1. The minimum Gasteiger partial charge on any atom is -0.244 e. The number of nitrogens with zero attached hydrogens (tertiary/aromatic N) is 2. The second-order valence-corrected chi connectivity index (χ2v) is 5.10. The Morgan fingerprint density at radius 3 is 3.00 bits per heavy atom. The van der Waals surface area contributed by atoms with Gasteiger partial charge in [-0.1, -0.05) is 13.8 Å². The molecule has 0 N–H and O–H groups in total. The van der Waals surface area contributed by atoms with Crippen LogP contribution in [0.1, 0.15) is 20.3 Å². The third-order valence-electron chi connectivity index (χ3n) is 1.52. The van der Waals surface area contributed by atoms with Crippen molar-refractivity contribution in [3.8, 4) is 0 Å². The largest absolute Gasteiger partial charge is 0.244 e. The zero-order valence-electron chi connectivity index (χ0n) is 7.12. The fourth-order valence-corrected chi connectivity index (χ4v) is 2.16. The number of thioether (sulfide) groups is 1. The van der Waals surface area contributed by atoms with Crippen molar-refractivity contribution < 1.29 is 0 Å². The first-order valence-corrected chi connectivity index (χ1v) is 5.82. The molecule has 1 atom stereocenters. The van der Waals surface area contributed by atoms with Gasteiger partial charge in [-0.15, -0.1) is 11.8 Å². The topological polar surface area (TPSA) is 25.8 Å². The molecule has 0 saturated carbocycles. The summed E-state index contributed by atoms with van der Waals surface area (Å²) in [7, 11) is 0. The predicted octanol–water partition coefficient (Wildman–Crippen LogP) is 2.97. The summed E-state index contributed by atoms with van der Waals surface area (Å²) in [6.45, 7) is 4.40. The lowest BCUT2D eigenvalue weighted by Gasteiger charge is -2.07.